The minimum Gasteiger partial charge on any atom is -0.383 e. The van der Waals surface area contributed by atoms with Crippen molar-refractivity contribution in [2.75, 3.05) is 11.1 Å². The van der Waals surface area contributed by atoms with Crippen LogP contribution < -0.4 is 22.3 Å². The molecule has 0 spiro atoms. The lowest BCUT2D eigenvalue weighted by molar-refractivity contribution is 0.792. The molecule has 0 saturated carbocycles. The summed E-state index contributed by atoms with van der Waals surface area (Å²) in [7, 11) is 1.49. The minimum atomic E-state index is -0.543. The van der Waals surface area contributed by atoms with Crippen molar-refractivity contribution in [2.24, 2.45) is 7.05 Å². The van der Waals surface area contributed by atoms with Crippen LogP contribution in [0.1, 0.15) is 18.7 Å². The van der Waals surface area contributed by atoms with E-state index in [1.807, 2.05) is 25.1 Å². The molecule has 0 aliphatic heterocycles. The van der Waals surface area contributed by atoms with Crippen molar-refractivity contribution in [3.8, 4) is 0 Å². The molecule has 0 saturated heterocycles. The molecule has 0 aromatic carbocycles. The summed E-state index contributed by atoms with van der Waals surface area (Å²) in [6, 6.07) is 5.30. The van der Waals surface area contributed by atoms with Crippen LogP contribution in [0.25, 0.3) is 0 Å². The van der Waals surface area contributed by atoms with Crippen LogP contribution in [-0.4, -0.2) is 14.5 Å². The Morgan fingerprint density at radius 1 is 1.42 bits per heavy atom. The second-order valence-electron chi connectivity index (χ2n) is 4.20. The summed E-state index contributed by atoms with van der Waals surface area (Å²) in [6.07, 6.45) is 1.67. The van der Waals surface area contributed by atoms with Gasteiger partial charge in [-0.3, -0.25) is 19.3 Å². The van der Waals surface area contributed by atoms with E-state index in [1.165, 1.54) is 11.6 Å². The Bertz CT molecular complexity index is 690. The molecule has 0 aliphatic carbocycles. The Balaban J connectivity index is 2.37. The van der Waals surface area contributed by atoms with Crippen LogP contribution in [0.3, 0.4) is 0 Å². The van der Waals surface area contributed by atoms with E-state index in [1.54, 1.807) is 6.20 Å². The number of pyridine rings is 1. The maximum Gasteiger partial charge on any atom is 0.329 e. The van der Waals surface area contributed by atoms with E-state index in [9.17, 15) is 9.59 Å². The Hall–Kier alpha value is -2.57. The van der Waals surface area contributed by atoms with Gasteiger partial charge in [0.05, 0.1) is 11.7 Å². The van der Waals surface area contributed by atoms with Gasteiger partial charge in [-0.15, -0.1) is 0 Å². The Morgan fingerprint density at radius 2 is 2.16 bits per heavy atom. The highest BCUT2D eigenvalue weighted by molar-refractivity contribution is 5.61. The summed E-state index contributed by atoms with van der Waals surface area (Å²) in [5.74, 6) is 0.0940. The third kappa shape index (κ3) is 2.49. The van der Waals surface area contributed by atoms with Crippen molar-refractivity contribution in [2.45, 2.75) is 13.0 Å². The lowest BCUT2D eigenvalue weighted by atomic mass is 10.2. The van der Waals surface area contributed by atoms with Crippen LogP contribution in [-0.2, 0) is 7.05 Å². The van der Waals surface area contributed by atoms with Crippen LogP contribution in [0.2, 0.25) is 0 Å². The third-order valence-corrected chi connectivity index (χ3v) is 2.86. The molecule has 100 valence electrons. The summed E-state index contributed by atoms with van der Waals surface area (Å²) in [6.45, 7) is 1.85. The fraction of sp³-hybridized carbons (Fsp3) is 0.250. The molecule has 2 aromatic heterocycles. The second-order valence-corrected chi connectivity index (χ2v) is 4.20. The molecule has 1 atom stereocenters. The van der Waals surface area contributed by atoms with Crippen molar-refractivity contribution in [1.82, 2.24) is 14.5 Å². The number of hydrogen-bond acceptors (Lipinski definition) is 5. The number of aromatic nitrogens is 3. The number of rotatable bonds is 3. The molecule has 1 unspecified atom stereocenters. The van der Waals surface area contributed by atoms with Crippen LogP contribution in [0.4, 0.5) is 11.5 Å². The van der Waals surface area contributed by atoms with Gasteiger partial charge in [0.2, 0.25) is 0 Å². The van der Waals surface area contributed by atoms with Crippen molar-refractivity contribution < 1.29 is 0 Å². The zero-order valence-corrected chi connectivity index (χ0v) is 10.7. The number of anilines is 2. The highest BCUT2D eigenvalue weighted by Gasteiger charge is 2.13. The smallest absolute Gasteiger partial charge is 0.329 e. The Kier molecular flexibility index (Phi) is 3.37. The van der Waals surface area contributed by atoms with Gasteiger partial charge < -0.3 is 11.1 Å². The molecular formula is C12H15N5O2. The molecule has 0 aliphatic rings. The molecule has 19 heavy (non-hydrogen) atoms. The number of nitrogens with zero attached hydrogens (tertiary/aromatic N) is 2. The zero-order valence-electron chi connectivity index (χ0n) is 10.7. The molecule has 4 N–H and O–H groups in total. The highest BCUT2D eigenvalue weighted by Crippen LogP contribution is 2.17. The van der Waals surface area contributed by atoms with E-state index in [-0.39, 0.29) is 17.5 Å². The van der Waals surface area contributed by atoms with Gasteiger partial charge in [0.15, 0.2) is 0 Å². The van der Waals surface area contributed by atoms with E-state index in [2.05, 4.69) is 15.3 Å². The van der Waals surface area contributed by atoms with Crippen LogP contribution in [0.5, 0.6) is 0 Å². The Labute approximate surface area is 109 Å². The third-order valence-electron chi connectivity index (χ3n) is 2.86. The summed E-state index contributed by atoms with van der Waals surface area (Å²) >= 11 is 0. The van der Waals surface area contributed by atoms with Crippen molar-refractivity contribution in [3.05, 3.63) is 50.9 Å². The Morgan fingerprint density at radius 3 is 2.79 bits per heavy atom. The van der Waals surface area contributed by atoms with Crippen molar-refractivity contribution in [3.63, 3.8) is 0 Å². The highest BCUT2D eigenvalue weighted by atomic mass is 16.2. The van der Waals surface area contributed by atoms with Gasteiger partial charge in [0, 0.05) is 13.2 Å². The largest absolute Gasteiger partial charge is 0.383 e. The lowest BCUT2D eigenvalue weighted by Crippen LogP contribution is -2.33. The molecule has 2 heterocycles. The monoisotopic (exact) mass is 261 g/mol. The fourth-order valence-electron chi connectivity index (χ4n) is 1.70. The lowest BCUT2D eigenvalue weighted by Gasteiger charge is -2.16. The molecule has 0 fully saturated rings. The summed E-state index contributed by atoms with van der Waals surface area (Å²) in [5.41, 5.74) is 5.63. The molecule has 7 nitrogen and oxygen atoms in total. The van der Waals surface area contributed by atoms with Gasteiger partial charge in [0.1, 0.15) is 11.5 Å². The number of nitrogens with two attached hydrogens (primary N) is 1. The van der Waals surface area contributed by atoms with Crippen LogP contribution in [0.15, 0.2) is 34.0 Å². The maximum atomic E-state index is 11.7. The van der Waals surface area contributed by atoms with E-state index in [0.717, 1.165) is 5.69 Å². The SMILES string of the molecule is CC(Nc1c(N)n(C)c(=O)[nH]c1=O)c1ccccn1. The van der Waals surface area contributed by atoms with Gasteiger partial charge in [0.25, 0.3) is 5.56 Å². The number of nitrogen functional groups attached to an aromatic ring is 1. The summed E-state index contributed by atoms with van der Waals surface area (Å²) in [4.78, 5) is 29.5. The van der Waals surface area contributed by atoms with E-state index in [4.69, 9.17) is 5.73 Å². The predicted octanol–water partition coefficient (Wildman–Crippen LogP) is 0.224. The normalized spacial score (nSPS) is 12.1. The topological polar surface area (TPSA) is 106 Å². The van der Waals surface area contributed by atoms with Gasteiger partial charge >= 0.3 is 5.69 Å². The zero-order chi connectivity index (χ0) is 14.0. The average Bonchev–Trinajstić information content (AvgIpc) is 2.42. The second kappa shape index (κ2) is 4.97. The van der Waals surface area contributed by atoms with Crippen LogP contribution in [0, 0.1) is 0 Å². The van der Waals surface area contributed by atoms with E-state index in [0.29, 0.717) is 0 Å². The van der Waals surface area contributed by atoms with Crippen molar-refractivity contribution in [1.29, 1.82) is 0 Å². The number of nitrogens with one attached hydrogen (secondary N) is 2. The fourth-order valence-corrected chi connectivity index (χ4v) is 1.70. The van der Waals surface area contributed by atoms with E-state index < -0.39 is 11.2 Å². The average molecular weight is 261 g/mol. The number of H-pyrrole nitrogens is 1. The summed E-state index contributed by atoms with van der Waals surface area (Å²) in [5, 5.41) is 2.97. The first-order valence-corrected chi connectivity index (χ1v) is 5.77. The number of hydrogen-bond donors (Lipinski definition) is 3. The van der Waals surface area contributed by atoms with E-state index >= 15 is 0 Å². The van der Waals surface area contributed by atoms with Gasteiger partial charge in [-0.1, -0.05) is 6.07 Å². The van der Waals surface area contributed by atoms with Gasteiger partial charge in [-0.25, -0.2) is 4.79 Å². The first-order valence-electron chi connectivity index (χ1n) is 5.77. The minimum absolute atomic E-state index is 0.0940. The molecule has 7 heteroatoms. The summed E-state index contributed by atoms with van der Waals surface area (Å²) < 4.78 is 1.18. The van der Waals surface area contributed by atoms with Crippen molar-refractivity contribution >= 4 is 11.5 Å². The molecular weight excluding hydrogens is 246 g/mol. The quantitative estimate of drug-likeness (QED) is 0.733. The standard InChI is InChI=1S/C12H15N5O2/c1-7(8-5-3-4-6-14-8)15-9-10(13)17(2)12(19)16-11(9)18/h3-7,15H,13H2,1-2H3,(H,16,18,19). The van der Waals surface area contributed by atoms with Crippen LogP contribution >= 0.6 is 0 Å². The maximum absolute atomic E-state index is 11.7. The van der Waals surface area contributed by atoms with Gasteiger partial charge in [-0.2, -0.15) is 0 Å². The number of aromatic amines is 1. The van der Waals surface area contributed by atoms with Gasteiger partial charge in [-0.05, 0) is 19.1 Å². The predicted molar refractivity (Wildman–Crippen MR) is 73.0 cm³/mol. The molecule has 0 amide bonds. The molecule has 0 bridgehead atoms. The first kappa shape index (κ1) is 12.9. The molecule has 2 rings (SSSR count). The first-order chi connectivity index (χ1) is 9.00. The molecule has 0 radical (unpaired) electrons. The molecule has 2 aromatic rings.